The van der Waals surface area contributed by atoms with Crippen LogP contribution < -0.4 is 0 Å². The molecule has 8 aromatic heterocycles. The smallest absolute Gasteiger partial charge is 0.242 e. The molecule has 0 unspecified atom stereocenters. The number of thiazole rings is 1. The third-order valence-electron chi connectivity index (χ3n) is 7.36. The highest BCUT2D eigenvalue weighted by molar-refractivity contribution is 7.89. The van der Waals surface area contributed by atoms with Gasteiger partial charge < -0.3 is 18.1 Å². The lowest BCUT2D eigenvalue weighted by atomic mass is 10.1. The first-order valence-electron chi connectivity index (χ1n) is 20.4. The van der Waals surface area contributed by atoms with Crippen LogP contribution in [0.25, 0.3) is 21.8 Å². The van der Waals surface area contributed by atoms with E-state index in [2.05, 4.69) is 114 Å². The Kier molecular flexibility index (Phi) is 30.0. The van der Waals surface area contributed by atoms with E-state index in [9.17, 15) is 17.2 Å². The Morgan fingerprint density at radius 1 is 0.701 bits per heavy atom. The van der Waals surface area contributed by atoms with Crippen LogP contribution in [0.1, 0.15) is 59.7 Å². The van der Waals surface area contributed by atoms with Crippen molar-refractivity contribution in [2.24, 2.45) is 14.1 Å². The first-order chi connectivity index (χ1) is 31.5. The monoisotopic (exact) mass is 958 g/mol. The van der Waals surface area contributed by atoms with Crippen molar-refractivity contribution in [3.63, 3.8) is 0 Å². The summed E-state index contributed by atoms with van der Waals surface area (Å²) >= 11 is 1.67. The highest BCUT2D eigenvalue weighted by atomic mass is 32.2. The summed E-state index contributed by atoms with van der Waals surface area (Å²) in [6.45, 7) is 17.0. The van der Waals surface area contributed by atoms with Gasteiger partial charge in [0, 0.05) is 118 Å². The van der Waals surface area contributed by atoms with E-state index in [0.717, 1.165) is 48.6 Å². The van der Waals surface area contributed by atoms with Crippen LogP contribution in [0.4, 0.5) is 8.78 Å². The Bertz CT molecular complexity index is 2560. The third-order valence-corrected chi connectivity index (χ3v) is 8.06. The number of aromatic nitrogens is 9. The highest BCUT2D eigenvalue weighted by Crippen LogP contribution is 2.18. The molecule has 9 aromatic rings. The fraction of sp³-hybridized carbons (Fsp3) is 0.306. The van der Waals surface area contributed by atoms with Crippen molar-refractivity contribution in [3.8, 4) is 6.07 Å². The van der Waals surface area contributed by atoms with Crippen LogP contribution in [0, 0.1) is 59.8 Å². The number of rotatable bonds is 0. The molecule has 0 aliphatic heterocycles. The molecule has 0 spiro atoms. The predicted octanol–water partition coefficient (Wildman–Crippen LogP) is 11.8. The number of nitriles is 1. The molecule has 0 aliphatic rings. The molecule has 360 valence electrons. The standard InChI is InChI=1S/C10H11N.C9H10N2.C6H7N.C5H6N2.2C4H5NO.C4H5NS.C3H6F2.C2H3N.C2H6O2S/c1-8-4-3-5-10-9(8)6-7-11(10)2;1-7-6-11(2)9-3-4-10-5-8(7)9;1-6-3-2-4-7-5-6;1-5-2-3-6-7-4-5;1-4-5-2-3-6-4;1-4-2-3-5-6-4;1-4-5-2-3-6-4;1-3(2,4)5;1-2-3;1-5(2,3)4/h3-7H,1-2H3;3-6H,1-2H3;2-5H,1H3;2-4H,1H3;3*2-3H,1H3;1-2H3;1H3;1-2H3. The molecule has 0 aliphatic carbocycles. The number of fused-ring (bicyclic) bond motifs is 2. The van der Waals surface area contributed by atoms with Crippen molar-refractivity contribution in [3.05, 3.63) is 173 Å². The number of alkyl halides is 2. The van der Waals surface area contributed by atoms with Crippen LogP contribution in [-0.4, -0.2) is 71.3 Å². The van der Waals surface area contributed by atoms with Gasteiger partial charge in [0.15, 0.2) is 5.89 Å². The minimum Gasteiger partial charge on any atom is -0.449 e. The Hall–Kier alpha value is -6.97. The van der Waals surface area contributed by atoms with Gasteiger partial charge in [-0.2, -0.15) is 15.5 Å². The average molecular weight is 959 g/mol. The number of halogens is 2. The second-order valence-corrected chi connectivity index (χ2v) is 18.0. The molecule has 0 saturated carbocycles. The lowest BCUT2D eigenvalue weighted by Gasteiger charge is -1.96. The second-order valence-electron chi connectivity index (χ2n) is 14.6. The number of hydrogen-bond acceptors (Lipinski definition) is 13. The predicted molar refractivity (Wildman–Crippen MR) is 267 cm³/mol. The van der Waals surface area contributed by atoms with Gasteiger partial charge in [-0.1, -0.05) is 23.4 Å². The van der Waals surface area contributed by atoms with Gasteiger partial charge in [-0.25, -0.2) is 22.2 Å². The summed E-state index contributed by atoms with van der Waals surface area (Å²) in [5.74, 6) is -0.926. The molecule has 0 atom stereocenters. The molecule has 9 rings (SSSR count). The first kappa shape index (κ1) is 60.0. The van der Waals surface area contributed by atoms with E-state index in [1.807, 2.05) is 75.9 Å². The summed E-state index contributed by atoms with van der Waals surface area (Å²) in [4.78, 5) is 15.6. The quantitative estimate of drug-likeness (QED) is 0.140. The molecule has 67 heavy (non-hydrogen) atoms. The Morgan fingerprint density at radius 2 is 1.33 bits per heavy atom. The molecule has 18 heteroatoms. The van der Waals surface area contributed by atoms with Crippen molar-refractivity contribution >= 4 is 43.0 Å². The zero-order valence-corrected chi connectivity index (χ0v) is 42.5. The molecular weight excluding hydrogens is 895 g/mol. The van der Waals surface area contributed by atoms with E-state index in [-0.39, 0.29) is 0 Å². The number of oxazole rings is 1. The fourth-order valence-corrected chi connectivity index (χ4v) is 5.00. The van der Waals surface area contributed by atoms with Crippen molar-refractivity contribution in [2.75, 3.05) is 12.5 Å². The van der Waals surface area contributed by atoms with E-state index in [1.165, 1.54) is 45.4 Å². The number of pyridine rings is 2. The van der Waals surface area contributed by atoms with Gasteiger partial charge in [0.05, 0.1) is 35.2 Å². The van der Waals surface area contributed by atoms with Gasteiger partial charge in [0.1, 0.15) is 21.9 Å². The summed E-state index contributed by atoms with van der Waals surface area (Å²) in [6.07, 6.45) is 23.9. The normalized spacial score (nSPS) is 9.60. The molecular formula is C49H64F2N10O4S2. The van der Waals surface area contributed by atoms with Gasteiger partial charge >= 0.3 is 0 Å². The maximum atomic E-state index is 11.0. The number of aryl methyl sites for hydroxylation is 9. The Morgan fingerprint density at radius 3 is 1.67 bits per heavy atom. The highest BCUT2D eigenvalue weighted by Gasteiger charge is 2.08. The van der Waals surface area contributed by atoms with Crippen molar-refractivity contribution < 1.29 is 26.1 Å². The van der Waals surface area contributed by atoms with E-state index in [4.69, 9.17) is 9.68 Å². The van der Waals surface area contributed by atoms with Crippen molar-refractivity contribution in [2.45, 2.75) is 75.2 Å². The summed E-state index contributed by atoms with van der Waals surface area (Å²) in [5.41, 5.74) is 7.55. The number of benzene rings is 1. The van der Waals surface area contributed by atoms with Gasteiger partial charge in [-0.05, 0) is 108 Å². The van der Waals surface area contributed by atoms with Gasteiger partial charge in [-0.3, -0.25) is 15.0 Å². The maximum Gasteiger partial charge on any atom is 0.242 e. The molecule has 8 heterocycles. The molecule has 0 radical (unpaired) electrons. The zero-order valence-electron chi connectivity index (χ0n) is 40.9. The maximum absolute atomic E-state index is 11.0. The van der Waals surface area contributed by atoms with Crippen LogP contribution >= 0.6 is 11.3 Å². The van der Waals surface area contributed by atoms with Crippen LogP contribution in [0.3, 0.4) is 0 Å². The van der Waals surface area contributed by atoms with E-state index in [1.54, 1.807) is 73.8 Å². The van der Waals surface area contributed by atoms with Crippen LogP contribution in [0.5, 0.6) is 0 Å². The largest absolute Gasteiger partial charge is 0.449 e. The number of hydrogen-bond donors (Lipinski definition) is 0. The molecule has 1 aromatic carbocycles. The SMILES string of the molecule is CC#N.CC(C)(F)F.CS(C)(=O)=O.Cc1cccc2c1ccn2C.Cc1cccnc1.Cc1ccnnc1.Cc1ccno1.Cc1cn(C)c2ccncc12.Cc1ncco1.Cc1nccs1. The Balaban J connectivity index is 0.000000737. The van der Waals surface area contributed by atoms with Crippen molar-refractivity contribution in [1.82, 2.24) is 44.4 Å². The van der Waals surface area contributed by atoms with Crippen LogP contribution in [0.2, 0.25) is 0 Å². The summed E-state index contributed by atoms with van der Waals surface area (Å²) in [7, 11) is 1.46. The van der Waals surface area contributed by atoms with E-state index < -0.39 is 15.8 Å². The van der Waals surface area contributed by atoms with E-state index >= 15 is 0 Å². The lowest BCUT2D eigenvalue weighted by molar-refractivity contribution is 0.0437. The lowest BCUT2D eigenvalue weighted by Crippen LogP contribution is -1.98. The minimum absolute atomic E-state index is 0.718. The second kappa shape index (κ2) is 33.5. The molecule has 0 fully saturated rings. The third kappa shape index (κ3) is 33.2. The molecule has 0 N–H and O–H groups in total. The zero-order chi connectivity index (χ0) is 50.8. The Labute approximate surface area is 398 Å². The summed E-state index contributed by atoms with van der Waals surface area (Å²) < 4.78 is 54.9. The summed E-state index contributed by atoms with van der Waals surface area (Å²) in [6, 6.07) is 20.0. The minimum atomic E-state index is -2.67. The van der Waals surface area contributed by atoms with Crippen molar-refractivity contribution in [1.29, 1.82) is 5.26 Å². The topological polar surface area (TPSA) is 184 Å². The number of sulfone groups is 1. The molecule has 14 nitrogen and oxygen atoms in total. The van der Waals surface area contributed by atoms with Gasteiger partial charge in [0.25, 0.3) is 0 Å². The number of nitrogens with zero attached hydrogens (tertiary/aromatic N) is 10. The van der Waals surface area contributed by atoms with E-state index in [0.29, 0.717) is 0 Å². The van der Waals surface area contributed by atoms with Gasteiger partial charge in [-0.15, -0.1) is 11.3 Å². The average Bonchev–Trinajstić information content (AvgIpc) is 4.13. The molecule has 0 saturated heterocycles. The fourth-order valence-electron chi connectivity index (χ4n) is 4.56. The van der Waals surface area contributed by atoms with Crippen LogP contribution in [0.15, 0.2) is 143 Å². The van der Waals surface area contributed by atoms with Crippen LogP contribution in [-0.2, 0) is 23.9 Å². The summed E-state index contributed by atoms with van der Waals surface area (Å²) in [5, 5.41) is 23.7. The first-order valence-corrected chi connectivity index (χ1v) is 23.5. The molecule has 0 amide bonds. The van der Waals surface area contributed by atoms with Gasteiger partial charge in [0.2, 0.25) is 5.92 Å². The molecule has 0 bridgehead atoms.